The molecular formula is C22H33NO5. The third-order valence-electron chi connectivity index (χ3n) is 4.79. The Labute approximate surface area is 167 Å². The largest absolute Gasteiger partial charge is 0.490 e. The van der Waals surface area contributed by atoms with E-state index in [-0.39, 0.29) is 6.04 Å². The van der Waals surface area contributed by atoms with Gasteiger partial charge in [0, 0.05) is 6.04 Å². The molecule has 1 saturated carbocycles. The maximum atomic E-state index is 12.2. The van der Waals surface area contributed by atoms with Crippen LogP contribution in [0.25, 0.3) is 0 Å². The van der Waals surface area contributed by atoms with Crippen molar-refractivity contribution >= 4 is 12.1 Å². The van der Waals surface area contributed by atoms with Crippen molar-refractivity contribution in [3.63, 3.8) is 0 Å². The highest BCUT2D eigenvalue weighted by molar-refractivity contribution is 5.70. The number of hydrogen-bond acceptors (Lipinski definition) is 4. The summed E-state index contributed by atoms with van der Waals surface area (Å²) >= 11 is 0. The summed E-state index contributed by atoms with van der Waals surface area (Å²) in [7, 11) is 0. The number of aliphatic carboxylic acids is 1. The number of rotatable bonds is 8. The summed E-state index contributed by atoms with van der Waals surface area (Å²) in [6, 6.07) is 7.50. The molecule has 1 aliphatic carbocycles. The Morgan fingerprint density at radius 2 is 1.79 bits per heavy atom. The standard InChI is InChI=1S/C22H33NO5/c1-15(20(24)25)13-17(23-21(26)28-22(2,3)4)14-16-9-11-19(12-10-16)27-18-7-5-6-8-18/h9-12,15,17-18H,5-8,13-14H2,1-4H3,(H,23,26)(H,24,25)/t15-,17+/m0/s1. The lowest BCUT2D eigenvalue weighted by Gasteiger charge is -2.25. The molecule has 0 spiro atoms. The minimum Gasteiger partial charge on any atom is -0.490 e. The summed E-state index contributed by atoms with van der Waals surface area (Å²) in [6.07, 6.45) is 5.30. The Morgan fingerprint density at radius 1 is 1.18 bits per heavy atom. The van der Waals surface area contributed by atoms with Crippen LogP contribution in [0.4, 0.5) is 4.79 Å². The van der Waals surface area contributed by atoms with Crippen molar-refractivity contribution in [2.45, 2.75) is 84.0 Å². The van der Waals surface area contributed by atoms with Gasteiger partial charge in [0.25, 0.3) is 0 Å². The second kappa shape index (κ2) is 9.80. The number of carboxylic acid groups (broad SMARTS) is 1. The number of benzene rings is 1. The van der Waals surface area contributed by atoms with Crippen LogP contribution in [-0.2, 0) is 16.0 Å². The molecule has 1 aromatic rings. The van der Waals surface area contributed by atoms with E-state index in [9.17, 15) is 14.7 Å². The Bertz CT molecular complexity index is 644. The maximum Gasteiger partial charge on any atom is 0.407 e. The molecule has 0 saturated heterocycles. The molecule has 1 fully saturated rings. The van der Waals surface area contributed by atoms with Gasteiger partial charge in [-0.25, -0.2) is 4.79 Å². The molecule has 6 nitrogen and oxygen atoms in total. The van der Waals surface area contributed by atoms with Crippen LogP contribution in [0.15, 0.2) is 24.3 Å². The van der Waals surface area contributed by atoms with Gasteiger partial charge in [0.05, 0.1) is 12.0 Å². The van der Waals surface area contributed by atoms with Gasteiger partial charge in [-0.15, -0.1) is 0 Å². The van der Waals surface area contributed by atoms with E-state index in [4.69, 9.17) is 9.47 Å². The third-order valence-corrected chi connectivity index (χ3v) is 4.79. The molecule has 1 amide bonds. The fourth-order valence-electron chi connectivity index (χ4n) is 3.38. The number of amides is 1. The molecule has 6 heteroatoms. The molecule has 0 unspecified atom stereocenters. The van der Waals surface area contributed by atoms with E-state index in [1.54, 1.807) is 27.7 Å². The molecule has 2 N–H and O–H groups in total. The van der Waals surface area contributed by atoms with Gasteiger partial charge >= 0.3 is 12.1 Å². The van der Waals surface area contributed by atoms with E-state index in [2.05, 4.69) is 5.32 Å². The van der Waals surface area contributed by atoms with Crippen molar-refractivity contribution in [1.29, 1.82) is 0 Å². The van der Waals surface area contributed by atoms with Crippen LogP contribution in [0.2, 0.25) is 0 Å². The number of carbonyl (C=O) groups excluding carboxylic acids is 1. The van der Waals surface area contributed by atoms with Crippen LogP contribution in [0.5, 0.6) is 5.75 Å². The van der Waals surface area contributed by atoms with Gasteiger partial charge < -0.3 is 19.9 Å². The first-order valence-electron chi connectivity index (χ1n) is 10.1. The minimum atomic E-state index is -0.878. The first-order valence-corrected chi connectivity index (χ1v) is 10.1. The van der Waals surface area contributed by atoms with E-state index >= 15 is 0 Å². The highest BCUT2D eigenvalue weighted by atomic mass is 16.6. The SMILES string of the molecule is C[C@@H](C[C@H](Cc1ccc(OC2CCCC2)cc1)NC(=O)OC(C)(C)C)C(=O)O. The first-order chi connectivity index (χ1) is 13.1. The van der Waals surface area contributed by atoms with Crippen molar-refractivity contribution < 1.29 is 24.2 Å². The topological polar surface area (TPSA) is 84.9 Å². The van der Waals surface area contributed by atoms with Crippen molar-refractivity contribution in [2.24, 2.45) is 5.92 Å². The fourth-order valence-corrected chi connectivity index (χ4v) is 3.38. The lowest BCUT2D eigenvalue weighted by molar-refractivity contribution is -0.141. The predicted molar refractivity (Wildman–Crippen MR) is 108 cm³/mol. The second-order valence-corrected chi connectivity index (χ2v) is 8.69. The fraction of sp³-hybridized carbons (Fsp3) is 0.636. The summed E-state index contributed by atoms with van der Waals surface area (Å²) in [5.41, 5.74) is 0.407. The average molecular weight is 392 g/mol. The molecule has 2 rings (SSSR count). The maximum absolute atomic E-state index is 12.2. The second-order valence-electron chi connectivity index (χ2n) is 8.69. The van der Waals surface area contributed by atoms with Crippen LogP contribution < -0.4 is 10.1 Å². The van der Waals surface area contributed by atoms with Gasteiger partial charge in [-0.3, -0.25) is 4.79 Å². The van der Waals surface area contributed by atoms with Gasteiger partial charge in [0.1, 0.15) is 11.4 Å². The summed E-state index contributed by atoms with van der Waals surface area (Å²) in [6.45, 7) is 7.03. The normalized spacial score (nSPS) is 17.0. The molecule has 1 aliphatic rings. The van der Waals surface area contributed by atoms with Crippen molar-refractivity contribution in [3.05, 3.63) is 29.8 Å². The lowest BCUT2D eigenvalue weighted by Crippen LogP contribution is -2.41. The van der Waals surface area contributed by atoms with Gasteiger partial charge in [-0.1, -0.05) is 19.1 Å². The van der Waals surface area contributed by atoms with E-state index < -0.39 is 23.6 Å². The van der Waals surface area contributed by atoms with Crippen LogP contribution in [0, 0.1) is 5.92 Å². The molecule has 0 radical (unpaired) electrons. The third kappa shape index (κ3) is 7.79. The van der Waals surface area contributed by atoms with Crippen LogP contribution in [0.3, 0.4) is 0 Å². The summed E-state index contributed by atoms with van der Waals surface area (Å²) in [5.74, 6) is -0.590. The molecule has 28 heavy (non-hydrogen) atoms. The zero-order valence-electron chi connectivity index (χ0n) is 17.4. The quantitative estimate of drug-likeness (QED) is 0.679. The van der Waals surface area contributed by atoms with Gasteiger partial charge in [-0.05, 0) is 77.0 Å². The number of carbonyl (C=O) groups is 2. The number of carboxylic acids is 1. The zero-order chi connectivity index (χ0) is 20.7. The highest BCUT2D eigenvalue weighted by Gasteiger charge is 2.23. The molecule has 0 aliphatic heterocycles. The minimum absolute atomic E-state index is 0.309. The molecular weight excluding hydrogens is 358 g/mol. The molecule has 2 atom stereocenters. The highest BCUT2D eigenvalue weighted by Crippen LogP contribution is 2.24. The number of alkyl carbamates (subject to hydrolysis) is 1. The zero-order valence-corrected chi connectivity index (χ0v) is 17.4. The van der Waals surface area contributed by atoms with E-state index in [0.29, 0.717) is 18.9 Å². The van der Waals surface area contributed by atoms with E-state index in [0.717, 1.165) is 24.2 Å². The van der Waals surface area contributed by atoms with Gasteiger partial charge in [0.2, 0.25) is 0 Å². The van der Waals surface area contributed by atoms with E-state index in [1.807, 2.05) is 24.3 Å². The Hall–Kier alpha value is -2.24. The van der Waals surface area contributed by atoms with Crippen LogP contribution >= 0.6 is 0 Å². The Balaban J connectivity index is 1.99. The van der Waals surface area contributed by atoms with Crippen molar-refractivity contribution in [3.8, 4) is 5.75 Å². The molecule has 0 bridgehead atoms. The molecule has 0 aromatic heterocycles. The number of nitrogens with one attached hydrogen (secondary N) is 1. The number of ether oxygens (including phenoxy) is 2. The van der Waals surface area contributed by atoms with Gasteiger partial charge in [-0.2, -0.15) is 0 Å². The van der Waals surface area contributed by atoms with Crippen molar-refractivity contribution in [1.82, 2.24) is 5.32 Å². The molecule has 0 heterocycles. The Morgan fingerprint density at radius 3 is 2.32 bits per heavy atom. The predicted octanol–water partition coefficient (Wildman–Crippen LogP) is 4.55. The summed E-state index contributed by atoms with van der Waals surface area (Å²) in [5, 5.41) is 12.1. The Kier molecular flexibility index (Phi) is 7.72. The average Bonchev–Trinajstić information content (AvgIpc) is 3.07. The van der Waals surface area contributed by atoms with Crippen LogP contribution in [-0.4, -0.2) is 34.9 Å². The lowest BCUT2D eigenvalue weighted by atomic mass is 9.96. The van der Waals surface area contributed by atoms with Crippen LogP contribution in [0.1, 0.15) is 65.4 Å². The smallest absolute Gasteiger partial charge is 0.407 e. The summed E-state index contributed by atoms with van der Waals surface area (Å²) in [4.78, 5) is 23.4. The summed E-state index contributed by atoms with van der Waals surface area (Å²) < 4.78 is 11.3. The number of hydrogen-bond donors (Lipinski definition) is 2. The monoisotopic (exact) mass is 391 g/mol. The van der Waals surface area contributed by atoms with Gasteiger partial charge in [0.15, 0.2) is 0 Å². The van der Waals surface area contributed by atoms with Crippen molar-refractivity contribution in [2.75, 3.05) is 0 Å². The molecule has 1 aromatic carbocycles. The first kappa shape index (κ1) is 22.1. The van der Waals surface area contributed by atoms with E-state index in [1.165, 1.54) is 12.8 Å². The molecule has 156 valence electrons.